The SMILES string of the molecule is CCCCC(CN)CCC=O. The molecule has 0 heterocycles. The topological polar surface area (TPSA) is 43.1 Å². The van der Waals surface area contributed by atoms with Gasteiger partial charge in [0, 0.05) is 6.42 Å². The van der Waals surface area contributed by atoms with Crippen LogP contribution in [-0.2, 0) is 4.79 Å². The van der Waals surface area contributed by atoms with Gasteiger partial charge in [-0.3, -0.25) is 0 Å². The lowest BCUT2D eigenvalue weighted by Crippen LogP contribution is -2.14. The van der Waals surface area contributed by atoms with E-state index in [1.165, 1.54) is 19.3 Å². The molecule has 0 rings (SSSR count). The first-order chi connectivity index (χ1) is 5.35. The Bertz CT molecular complexity index is 93.6. The number of aldehydes is 1. The molecule has 0 aromatic heterocycles. The van der Waals surface area contributed by atoms with Crippen LogP contribution in [0.15, 0.2) is 0 Å². The predicted octanol–water partition coefficient (Wildman–Crippen LogP) is 1.73. The van der Waals surface area contributed by atoms with Crippen LogP contribution in [0.5, 0.6) is 0 Å². The monoisotopic (exact) mass is 157 g/mol. The number of nitrogens with two attached hydrogens (primary N) is 1. The number of hydrogen-bond donors (Lipinski definition) is 1. The second-order valence-electron chi connectivity index (χ2n) is 2.99. The van der Waals surface area contributed by atoms with E-state index in [0.29, 0.717) is 12.3 Å². The summed E-state index contributed by atoms with van der Waals surface area (Å²) in [5.41, 5.74) is 5.54. The normalized spacial score (nSPS) is 12.9. The molecular weight excluding hydrogens is 138 g/mol. The third-order valence-corrected chi connectivity index (χ3v) is 1.99. The molecule has 0 aromatic rings. The molecule has 1 atom stereocenters. The Labute approximate surface area is 69.2 Å². The van der Waals surface area contributed by atoms with Crippen LogP contribution in [0.25, 0.3) is 0 Å². The molecule has 0 bridgehead atoms. The summed E-state index contributed by atoms with van der Waals surface area (Å²) < 4.78 is 0. The van der Waals surface area contributed by atoms with Gasteiger partial charge in [0.2, 0.25) is 0 Å². The van der Waals surface area contributed by atoms with Gasteiger partial charge in [-0.25, -0.2) is 0 Å². The largest absolute Gasteiger partial charge is 0.330 e. The van der Waals surface area contributed by atoms with E-state index in [-0.39, 0.29) is 0 Å². The molecule has 1 unspecified atom stereocenters. The van der Waals surface area contributed by atoms with Crippen LogP contribution in [0.3, 0.4) is 0 Å². The van der Waals surface area contributed by atoms with Crippen molar-refractivity contribution in [1.82, 2.24) is 0 Å². The Morgan fingerprint density at radius 2 is 2.18 bits per heavy atom. The minimum atomic E-state index is 0.570. The van der Waals surface area contributed by atoms with Crippen molar-refractivity contribution in [2.45, 2.75) is 39.0 Å². The van der Waals surface area contributed by atoms with Gasteiger partial charge in [-0.15, -0.1) is 0 Å². The highest BCUT2D eigenvalue weighted by Crippen LogP contribution is 2.12. The molecule has 0 amide bonds. The van der Waals surface area contributed by atoms with E-state index in [4.69, 9.17) is 5.73 Å². The number of carbonyl (C=O) groups excluding carboxylic acids is 1. The van der Waals surface area contributed by atoms with E-state index in [2.05, 4.69) is 6.92 Å². The van der Waals surface area contributed by atoms with Crippen molar-refractivity contribution in [3.8, 4) is 0 Å². The molecule has 0 radical (unpaired) electrons. The third kappa shape index (κ3) is 6.05. The number of hydrogen-bond acceptors (Lipinski definition) is 2. The van der Waals surface area contributed by atoms with Gasteiger partial charge in [-0.1, -0.05) is 19.8 Å². The zero-order valence-electron chi connectivity index (χ0n) is 7.38. The molecule has 2 heteroatoms. The van der Waals surface area contributed by atoms with E-state index in [1.54, 1.807) is 0 Å². The minimum Gasteiger partial charge on any atom is -0.330 e. The summed E-state index contributed by atoms with van der Waals surface area (Å²) in [7, 11) is 0. The van der Waals surface area contributed by atoms with Crippen LogP contribution in [0.2, 0.25) is 0 Å². The van der Waals surface area contributed by atoms with Crippen LogP contribution in [0, 0.1) is 5.92 Å². The summed E-state index contributed by atoms with van der Waals surface area (Å²) in [6.45, 7) is 2.90. The zero-order chi connectivity index (χ0) is 8.53. The average Bonchev–Trinajstić information content (AvgIpc) is 2.05. The first-order valence-corrected chi connectivity index (χ1v) is 4.48. The first kappa shape index (κ1) is 10.6. The molecule has 66 valence electrons. The van der Waals surface area contributed by atoms with Crippen molar-refractivity contribution in [3.05, 3.63) is 0 Å². The standard InChI is InChI=1S/C9H19NO/c1-2-3-5-9(8-10)6-4-7-11/h7,9H,2-6,8,10H2,1H3. The molecule has 0 aliphatic rings. The lowest BCUT2D eigenvalue weighted by molar-refractivity contribution is -0.108. The fraction of sp³-hybridized carbons (Fsp3) is 0.889. The highest BCUT2D eigenvalue weighted by molar-refractivity contribution is 5.49. The van der Waals surface area contributed by atoms with Crippen molar-refractivity contribution in [2.75, 3.05) is 6.54 Å². The van der Waals surface area contributed by atoms with Gasteiger partial charge >= 0.3 is 0 Å². The third-order valence-electron chi connectivity index (χ3n) is 1.99. The maximum absolute atomic E-state index is 10.1. The summed E-state index contributed by atoms with van der Waals surface area (Å²) in [6.07, 6.45) is 6.26. The van der Waals surface area contributed by atoms with Crippen LogP contribution in [0.1, 0.15) is 39.0 Å². The van der Waals surface area contributed by atoms with Gasteiger partial charge in [0.05, 0.1) is 0 Å². The van der Waals surface area contributed by atoms with Gasteiger partial charge in [0.25, 0.3) is 0 Å². The average molecular weight is 157 g/mol. The Kier molecular flexibility index (Phi) is 7.47. The summed E-state index contributed by atoms with van der Waals surface area (Å²) in [4.78, 5) is 10.1. The lowest BCUT2D eigenvalue weighted by atomic mass is 9.97. The Hall–Kier alpha value is -0.370. The highest BCUT2D eigenvalue weighted by Gasteiger charge is 2.04. The molecule has 2 N–H and O–H groups in total. The van der Waals surface area contributed by atoms with Crippen LogP contribution in [0.4, 0.5) is 0 Å². The second kappa shape index (κ2) is 7.73. The predicted molar refractivity (Wildman–Crippen MR) is 47.4 cm³/mol. The molecule has 0 saturated heterocycles. The maximum Gasteiger partial charge on any atom is 0.120 e. The van der Waals surface area contributed by atoms with Gasteiger partial charge in [-0.2, -0.15) is 0 Å². The van der Waals surface area contributed by atoms with Gasteiger partial charge in [0.15, 0.2) is 0 Å². The van der Waals surface area contributed by atoms with Gasteiger partial charge in [-0.05, 0) is 25.3 Å². The number of unbranched alkanes of at least 4 members (excludes halogenated alkanes) is 1. The summed E-state index contributed by atoms with van der Waals surface area (Å²) >= 11 is 0. The van der Waals surface area contributed by atoms with Crippen molar-refractivity contribution < 1.29 is 4.79 Å². The smallest absolute Gasteiger partial charge is 0.120 e. The Morgan fingerprint density at radius 1 is 1.45 bits per heavy atom. The van der Waals surface area contributed by atoms with Gasteiger partial charge < -0.3 is 10.5 Å². The number of carbonyl (C=O) groups is 1. The van der Waals surface area contributed by atoms with E-state index < -0.39 is 0 Å². The Balaban J connectivity index is 3.32. The van der Waals surface area contributed by atoms with E-state index in [9.17, 15) is 4.79 Å². The molecular formula is C9H19NO. The molecule has 0 aromatic carbocycles. The fourth-order valence-corrected chi connectivity index (χ4v) is 1.18. The summed E-state index contributed by atoms with van der Waals surface area (Å²) in [6, 6.07) is 0. The van der Waals surface area contributed by atoms with E-state index in [1.807, 2.05) is 0 Å². The Morgan fingerprint density at radius 3 is 2.64 bits per heavy atom. The van der Waals surface area contributed by atoms with Crippen molar-refractivity contribution in [1.29, 1.82) is 0 Å². The van der Waals surface area contributed by atoms with Crippen LogP contribution < -0.4 is 5.73 Å². The van der Waals surface area contributed by atoms with E-state index >= 15 is 0 Å². The molecule has 0 saturated carbocycles. The van der Waals surface area contributed by atoms with Crippen molar-refractivity contribution >= 4 is 6.29 Å². The molecule has 11 heavy (non-hydrogen) atoms. The first-order valence-electron chi connectivity index (χ1n) is 4.48. The molecule has 0 aliphatic carbocycles. The van der Waals surface area contributed by atoms with Crippen LogP contribution in [-0.4, -0.2) is 12.8 Å². The quantitative estimate of drug-likeness (QED) is 0.572. The molecule has 0 spiro atoms. The number of rotatable bonds is 7. The summed E-state index contributed by atoms with van der Waals surface area (Å²) in [5.74, 6) is 0.570. The molecule has 2 nitrogen and oxygen atoms in total. The molecule has 0 aliphatic heterocycles. The fourth-order valence-electron chi connectivity index (χ4n) is 1.18. The highest BCUT2D eigenvalue weighted by atomic mass is 16.1. The molecule has 0 fully saturated rings. The second-order valence-corrected chi connectivity index (χ2v) is 2.99. The zero-order valence-corrected chi connectivity index (χ0v) is 7.38. The van der Waals surface area contributed by atoms with Crippen molar-refractivity contribution in [3.63, 3.8) is 0 Å². The lowest BCUT2D eigenvalue weighted by Gasteiger charge is -2.11. The van der Waals surface area contributed by atoms with E-state index in [0.717, 1.165) is 19.3 Å². The van der Waals surface area contributed by atoms with Crippen molar-refractivity contribution in [2.24, 2.45) is 11.7 Å². The summed E-state index contributed by atoms with van der Waals surface area (Å²) in [5, 5.41) is 0. The maximum atomic E-state index is 10.1. The van der Waals surface area contributed by atoms with Crippen LogP contribution >= 0.6 is 0 Å². The van der Waals surface area contributed by atoms with Gasteiger partial charge in [0.1, 0.15) is 6.29 Å². The minimum absolute atomic E-state index is 0.570.